The zero-order valence-electron chi connectivity index (χ0n) is 16.9. The average Bonchev–Trinajstić information content (AvgIpc) is 3.32. The third-order valence-electron chi connectivity index (χ3n) is 4.83. The molecular weight excluding hydrogens is 547 g/mol. The van der Waals surface area contributed by atoms with Crippen molar-refractivity contribution in [3.8, 4) is 0 Å². The second kappa shape index (κ2) is 10.5. The number of fused-ring (bicyclic) bond motifs is 1. The number of carbonyl (C=O) groups is 4. The van der Waals surface area contributed by atoms with Crippen LogP contribution in [0.4, 0.5) is 0 Å². The minimum Gasteiger partial charge on any atom is -0.477 e. The van der Waals surface area contributed by atoms with E-state index in [1.54, 1.807) is 6.07 Å². The van der Waals surface area contributed by atoms with Gasteiger partial charge in [-0.05, 0) is 22.9 Å². The van der Waals surface area contributed by atoms with Crippen LogP contribution >= 0.6 is 58.3 Å². The van der Waals surface area contributed by atoms with Gasteiger partial charge in [-0.2, -0.15) is 0 Å². The van der Waals surface area contributed by atoms with E-state index in [2.05, 4.69) is 25.4 Å². The lowest BCUT2D eigenvalue weighted by Gasteiger charge is -2.49. The fourth-order valence-electron chi connectivity index (χ4n) is 3.33. The Bertz CT molecular complexity index is 1170. The number of aliphatic carboxylic acids is 1. The van der Waals surface area contributed by atoms with E-state index in [9.17, 15) is 24.3 Å². The van der Waals surface area contributed by atoms with Gasteiger partial charge >= 0.3 is 5.97 Å². The van der Waals surface area contributed by atoms with E-state index in [4.69, 9.17) is 23.2 Å². The minimum absolute atomic E-state index is 0.0154. The molecule has 16 heteroatoms. The number of thioether (sulfide) groups is 2. The number of benzene rings is 1. The van der Waals surface area contributed by atoms with Crippen LogP contribution < -0.4 is 10.6 Å². The van der Waals surface area contributed by atoms with E-state index in [1.807, 2.05) is 0 Å². The summed E-state index contributed by atoms with van der Waals surface area (Å²) in [6.07, 6.45) is 0. The number of carboxylic acids is 1. The quantitative estimate of drug-likeness (QED) is 0.319. The number of hydrogen-bond donors (Lipinski definition) is 3. The van der Waals surface area contributed by atoms with Gasteiger partial charge in [0.25, 0.3) is 11.8 Å². The van der Waals surface area contributed by atoms with Gasteiger partial charge in [0.15, 0.2) is 4.34 Å². The van der Waals surface area contributed by atoms with Crippen LogP contribution in [0.3, 0.4) is 0 Å². The molecule has 0 bridgehead atoms. The van der Waals surface area contributed by atoms with Crippen LogP contribution in [0.15, 0.2) is 33.8 Å². The lowest BCUT2D eigenvalue weighted by Crippen LogP contribution is -2.70. The lowest BCUT2D eigenvalue weighted by atomic mass is 10.0. The molecule has 0 spiro atoms. The molecule has 3 amide bonds. The Balaban J connectivity index is 1.41. The third-order valence-corrected chi connectivity index (χ3v) is 8.50. The number of amides is 3. The number of hydrogen-bond acceptors (Lipinski definition) is 10. The standard InChI is InChI=1S/C18H14Cl2N6O5S3/c19-8-2-1-3-9(20)11(8)14(28)21-4-7-5-32-16-12(15(29)26(16)13(7)17(30)31)22-10(27)6-33-18-23-24-25-34-18/h1-3,12,16H,4-6H2,(H,21,28)(H,22,27)(H,30,31)/t12?,16-/m0/s1. The summed E-state index contributed by atoms with van der Waals surface area (Å²) in [5, 5.41) is 21.9. The van der Waals surface area contributed by atoms with E-state index >= 15 is 0 Å². The summed E-state index contributed by atoms with van der Waals surface area (Å²) in [6.45, 7) is -0.116. The summed E-state index contributed by atoms with van der Waals surface area (Å²) in [7, 11) is 0. The van der Waals surface area contributed by atoms with Gasteiger partial charge in [-0.1, -0.05) is 45.5 Å². The van der Waals surface area contributed by atoms with Crippen molar-refractivity contribution in [1.82, 2.24) is 30.3 Å². The Morgan fingerprint density at radius 2 is 2.00 bits per heavy atom. The molecule has 11 nitrogen and oxygen atoms in total. The van der Waals surface area contributed by atoms with Crippen molar-refractivity contribution < 1.29 is 24.3 Å². The third kappa shape index (κ3) is 5.00. The van der Waals surface area contributed by atoms with Gasteiger partial charge in [0.2, 0.25) is 5.91 Å². The highest BCUT2D eigenvalue weighted by molar-refractivity contribution is 8.01. The smallest absolute Gasteiger partial charge is 0.352 e. The first-order chi connectivity index (χ1) is 16.3. The van der Waals surface area contributed by atoms with Crippen molar-refractivity contribution in [2.24, 2.45) is 0 Å². The molecule has 3 N–H and O–H groups in total. The first kappa shape index (κ1) is 24.7. The van der Waals surface area contributed by atoms with E-state index < -0.39 is 35.1 Å². The topological polar surface area (TPSA) is 154 Å². The summed E-state index contributed by atoms with van der Waals surface area (Å²) >= 11 is 15.6. The van der Waals surface area contributed by atoms with E-state index in [-0.39, 0.29) is 39.4 Å². The molecule has 0 aliphatic carbocycles. The summed E-state index contributed by atoms with van der Waals surface area (Å²) in [5.74, 6) is -2.55. The molecule has 2 atom stereocenters. The Morgan fingerprint density at radius 1 is 1.26 bits per heavy atom. The maximum absolute atomic E-state index is 12.7. The molecule has 1 aromatic carbocycles. The number of β-lactam (4-membered cyclic amide) rings is 1. The van der Waals surface area contributed by atoms with Crippen molar-refractivity contribution >= 4 is 81.9 Å². The molecule has 2 aliphatic rings. The van der Waals surface area contributed by atoms with Gasteiger partial charge in [0.05, 0.1) is 21.4 Å². The number of carbonyl (C=O) groups excluding carboxylic acids is 3. The average molecular weight is 561 g/mol. The molecule has 178 valence electrons. The molecule has 2 aliphatic heterocycles. The molecule has 34 heavy (non-hydrogen) atoms. The number of carboxylic acid groups (broad SMARTS) is 1. The Hall–Kier alpha value is -2.39. The molecule has 1 fully saturated rings. The number of nitrogens with one attached hydrogen (secondary N) is 2. The lowest BCUT2D eigenvalue weighted by molar-refractivity contribution is -0.150. The maximum Gasteiger partial charge on any atom is 0.352 e. The molecule has 1 saturated heterocycles. The van der Waals surface area contributed by atoms with Crippen LogP contribution in [0, 0.1) is 0 Å². The first-order valence-corrected chi connectivity index (χ1v) is 13.0. The highest BCUT2D eigenvalue weighted by atomic mass is 35.5. The highest BCUT2D eigenvalue weighted by Gasteiger charge is 2.54. The maximum atomic E-state index is 12.7. The van der Waals surface area contributed by atoms with Crippen molar-refractivity contribution in [2.45, 2.75) is 15.8 Å². The van der Waals surface area contributed by atoms with Crippen molar-refractivity contribution in [3.05, 3.63) is 45.1 Å². The Morgan fingerprint density at radius 3 is 2.65 bits per heavy atom. The fourth-order valence-corrected chi connectivity index (χ4v) is 6.38. The zero-order valence-corrected chi connectivity index (χ0v) is 20.8. The van der Waals surface area contributed by atoms with Crippen LogP contribution in [0.25, 0.3) is 0 Å². The number of halogens is 2. The second-order valence-corrected chi connectivity index (χ2v) is 10.8. The molecule has 0 saturated carbocycles. The molecule has 1 unspecified atom stereocenters. The van der Waals surface area contributed by atoms with Crippen molar-refractivity contribution in [2.75, 3.05) is 18.1 Å². The zero-order chi connectivity index (χ0) is 24.4. The van der Waals surface area contributed by atoms with Crippen LogP contribution in [0.1, 0.15) is 10.4 Å². The van der Waals surface area contributed by atoms with Crippen LogP contribution in [-0.4, -0.2) is 78.0 Å². The van der Waals surface area contributed by atoms with Gasteiger partial charge in [-0.25, -0.2) is 4.79 Å². The molecule has 2 aromatic rings. The van der Waals surface area contributed by atoms with Gasteiger partial charge in [0, 0.05) is 23.8 Å². The summed E-state index contributed by atoms with van der Waals surface area (Å²) in [5.41, 5.74) is 0.219. The van der Waals surface area contributed by atoms with Crippen LogP contribution in [-0.2, 0) is 14.4 Å². The van der Waals surface area contributed by atoms with E-state index in [0.717, 1.165) is 28.2 Å². The largest absolute Gasteiger partial charge is 0.477 e. The number of rotatable bonds is 8. The van der Waals surface area contributed by atoms with Crippen molar-refractivity contribution in [1.29, 1.82) is 0 Å². The Labute approximate surface area is 214 Å². The molecule has 1 aromatic heterocycles. The fraction of sp³-hybridized carbons (Fsp3) is 0.278. The van der Waals surface area contributed by atoms with Crippen LogP contribution in [0.5, 0.6) is 0 Å². The summed E-state index contributed by atoms with van der Waals surface area (Å²) < 4.78 is 4.12. The first-order valence-electron chi connectivity index (χ1n) is 9.47. The molecule has 0 radical (unpaired) electrons. The predicted molar refractivity (Wildman–Crippen MR) is 127 cm³/mol. The summed E-state index contributed by atoms with van der Waals surface area (Å²) in [6, 6.07) is 3.78. The molecule has 4 rings (SSSR count). The van der Waals surface area contributed by atoms with Gasteiger partial charge in [-0.3, -0.25) is 19.3 Å². The molecular formula is C18H14Cl2N6O5S3. The Kier molecular flexibility index (Phi) is 7.62. The van der Waals surface area contributed by atoms with Gasteiger partial charge in [-0.15, -0.1) is 16.9 Å². The highest BCUT2D eigenvalue weighted by Crippen LogP contribution is 2.40. The minimum atomic E-state index is -1.30. The summed E-state index contributed by atoms with van der Waals surface area (Å²) in [4.78, 5) is 50.6. The number of aromatic nitrogens is 3. The SMILES string of the molecule is O=C(CSc1nnns1)NC1C(=O)N2C(C(=O)O)=C(CNC(=O)c3c(Cl)cccc3Cl)CS[C@@H]12. The molecule has 3 heterocycles. The van der Waals surface area contributed by atoms with E-state index in [1.165, 1.54) is 23.9 Å². The normalized spacial score (nSPS) is 19.4. The number of nitrogens with zero attached hydrogens (tertiary/aromatic N) is 4. The van der Waals surface area contributed by atoms with E-state index in [0.29, 0.717) is 9.91 Å². The predicted octanol–water partition coefficient (Wildman–Crippen LogP) is 1.50. The van der Waals surface area contributed by atoms with Crippen molar-refractivity contribution in [3.63, 3.8) is 0 Å². The van der Waals surface area contributed by atoms with Gasteiger partial charge < -0.3 is 15.7 Å². The van der Waals surface area contributed by atoms with Gasteiger partial charge in [0.1, 0.15) is 17.1 Å². The second-order valence-electron chi connectivity index (χ2n) is 6.91. The van der Waals surface area contributed by atoms with Crippen LogP contribution in [0.2, 0.25) is 10.0 Å². The monoisotopic (exact) mass is 560 g/mol.